The molecule has 146 valence electrons. The van der Waals surface area contributed by atoms with Gasteiger partial charge in [0.15, 0.2) is 11.5 Å². The Morgan fingerprint density at radius 3 is 2.68 bits per heavy atom. The van der Waals surface area contributed by atoms with Gasteiger partial charge in [0, 0.05) is 23.3 Å². The van der Waals surface area contributed by atoms with Crippen LogP contribution in [0.5, 0.6) is 0 Å². The van der Waals surface area contributed by atoms with Gasteiger partial charge in [0.1, 0.15) is 11.3 Å². The molecule has 1 N–H and O–H groups in total. The monoisotopic (exact) mass is 417 g/mol. The average Bonchev–Trinajstić information content (AvgIpc) is 3.53. The van der Waals surface area contributed by atoms with E-state index in [9.17, 15) is 4.79 Å². The van der Waals surface area contributed by atoms with Gasteiger partial charge < -0.3 is 5.32 Å². The fourth-order valence-electron chi connectivity index (χ4n) is 3.10. The summed E-state index contributed by atoms with van der Waals surface area (Å²) >= 11 is 7.64. The summed E-state index contributed by atoms with van der Waals surface area (Å²) in [6.45, 7) is 4.42. The third-order valence-corrected chi connectivity index (χ3v) is 5.74. The minimum atomic E-state index is -0.222. The molecule has 1 atom stereocenters. The van der Waals surface area contributed by atoms with Gasteiger partial charge >= 0.3 is 0 Å². The van der Waals surface area contributed by atoms with Crippen LogP contribution < -0.4 is 10.9 Å². The number of hydrogen-bond donors (Lipinski definition) is 1. The highest BCUT2D eigenvalue weighted by Crippen LogP contribution is 2.39. The van der Waals surface area contributed by atoms with E-state index in [2.05, 4.69) is 37.2 Å². The normalized spacial score (nSPS) is 15.0. The number of fused-ring (bicyclic) bond motifs is 1. The maximum atomic E-state index is 13.1. The number of hydrogen-bond acceptors (Lipinski definition) is 8. The molecule has 0 unspecified atom stereocenters. The molecular weight excluding hydrogens is 398 g/mol. The van der Waals surface area contributed by atoms with Gasteiger partial charge in [0.2, 0.25) is 5.28 Å². The van der Waals surface area contributed by atoms with E-state index in [0.29, 0.717) is 29.5 Å². The molecule has 0 spiro atoms. The Bertz CT molecular complexity index is 1050. The zero-order valence-electron chi connectivity index (χ0n) is 15.6. The summed E-state index contributed by atoms with van der Waals surface area (Å²) < 4.78 is 1.68. The van der Waals surface area contributed by atoms with Crippen molar-refractivity contribution in [1.29, 1.82) is 0 Å². The minimum absolute atomic E-state index is 0.0196. The zero-order valence-corrected chi connectivity index (χ0v) is 17.2. The summed E-state index contributed by atoms with van der Waals surface area (Å²) in [7, 11) is 0. The first-order valence-corrected chi connectivity index (χ1v) is 10.6. The first-order valence-electron chi connectivity index (χ1n) is 9.19. The van der Waals surface area contributed by atoms with Crippen molar-refractivity contribution < 1.29 is 0 Å². The number of anilines is 1. The Hall–Kier alpha value is -2.26. The molecule has 0 radical (unpaired) electrons. The van der Waals surface area contributed by atoms with Crippen LogP contribution in [0.1, 0.15) is 38.6 Å². The van der Waals surface area contributed by atoms with Crippen LogP contribution in [0.15, 0.2) is 28.3 Å². The highest BCUT2D eigenvalue weighted by molar-refractivity contribution is 7.99. The van der Waals surface area contributed by atoms with Crippen LogP contribution >= 0.6 is 23.4 Å². The minimum Gasteiger partial charge on any atom is -0.358 e. The van der Waals surface area contributed by atoms with E-state index in [1.807, 2.05) is 6.92 Å². The summed E-state index contributed by atoms with van der Waals surface area (Å²) in [5.41, 5.74) is 0.765. The molecule has 8 nitrogen and oxygen atoms in total. The predicted octanol–water partition coefficient (Wildman–Crippen LogP) is 3.33. The van der Waals surface area contributed by atoms with Crippen LogP contribution in [0, 0.1) is 5.92 Å². The van der Waals surface area contributed by atoms with Crippen molar-refractivity contribution in [3.63, 3.8) is 0 Å². The second kappa shape index (κ2) is 8.00. The summed E-state index contributed by atoms with van der Waals surface area (Å²) in [4.78, 5) is 35.5. The first-order chi connectivity index (χ1) is 13.6. The van der Waals surface area contributed by atoms with E-state index < -0.39 is 0 Å². The van der Waals surface area contributed by atoms with E-state index in [1.54, 1.807) is 34.9 Å². The largest absolute Gasteiger partial charge is 0.358 e. The standard InChI is InChI=1S/C18H20ClN7OS/c1-3-28-12-6-20-14(21-7-12)9-22-15-17(27)26(10(2)11-4-5-11)16-13(24-15)8-23-18(19)25-16/h6-8,10-11H,3-5,9H2,1-2H3,(H,22,24)/t10-/m1/s1. The Balaban J connectivity index is 1.66. The number of halogens is 1. The van der Waals surface area contributed by atoms with E-state index in [1.165, 1.54) is 0 Å². The van der Waals surface area contributed by atoms with Crippen LogP contribution in [0.25, 0.3) is 11.2 Å². The predicted molar refractivity (Wildman–Crippen MR) is 110 cm³/mol. The topological polar surface area (TPSA) is 98.5 Å². The first kappa shape index (κ1) is 19.1. The molecule has 3 aromatic heterocycles. The smallest absolute Gasteiger partial charge is 0.295 e. The lowest BCUT2D eigenvalue weighted by Crippen LogP contribution is -2.29. The highest BCUT2D eigenvalue weighted by Gasteiger charge is 2.31. The number of nitrogens with zero attached hydrogens (tertiary/aromatic N) is 6. The fourth-order valence-corrected chi connectivity index (χ4v) is 3.82. The number of rotatable bonds is 7. The van der Waals surface area contributed by atoms with Crippen LogP contribution in [0.3, 0.4) is 0 Å². The summed E-state index contributed by atoms with van der Waals surface area (Å²) in [6, 6.07) is 0.0196. The molecule has 1 aliphatic rings. The van der Waals surface area contributed by atoms with Crippen LogP contribution in [-0.4, -0.2) is 35.2 Å². The van der Waals surface area contributed by atoms with Crippen molar-refractivity contribution in [1.82, 2.24) is 29.5 Å². The Kier molecular flexibility index (Phi) is 5.45. The lowest BCUT2D eigenvalue weighted by atomic mass is 10.2. The average molecular weight is 418 g/mol. The molecule has 0 saturated heterocycles. The van der Waals surface area contributed by atoms with Crippen molar-refractivity contribution in [2.75, 3.05) is 11.1 Å². The summed E-state index contributed by atoms with van der Waals surface area (Å²) in [5.74, 6) is 2.27. The van der Waals surface area contributed by atoms with Crippen molar-refractivity contribution >= 4 is 40.3 Å². The van der Waals surface area contributed by atoms with Crippen LogP contribution in [0.4, 0.5) is 5.82 Å². The third kappa shape index (κ3) is 3.95. The summed E-state index contributed by atoms with van der Waals surface area (Å²) in [6.07, 6.45) is 7.33. The van der Waals surface area contributed by atoms with Crippen LogP contribution in [0.2, 0.25) is 5.28 Å². The number of thioether (sulfide) groups is 1. The molecule has 0 amide bonds. The lowest BCUT2D eigenvalue weighted by molar-refractivity contribution is 0.482. The van der Waals surface area contributed by atoms with Gasteiger partial charge in [-0.25, -0.2) is 19.9 Å². The fraction of sp³-hybridized carbons (Fsp3) is 0.444. The second-order valence-corrected chi connectivity index (χ2v) is 8.36. The number of aromatic nitrogens is 6. The molecule has 1 saturated carbocycles. The van der Waals surface area contributed by atoms with E-state index in [-0.39, 0.29) is 22.7 Å². The molecule has 0 bridgehead atoms. The van der Waals surface area contributed by atoms with Gasteiger partial charge in [0.05, 0.1) is 12.7 Å². The Labute approximate surface area is 171 Å². The third-order valence-electron chi connectivity index (χ3n) is 4.72. The molecular formula is C18H20ClN7OS. The van der Waals surface area contributed by atoms with Gasteiger partial charge in [-0.2, -0.15) is 4.98 Å². The molecule has 10 heteroatoms. The highest BCUT2D eigenvalue weighted by atomic mass is 35.5. The van der Waals surface area contributed by atoms with Gasteiger partial charge in [-0.15, -0.1) is 11.8 Å². The van der Waals surface area contributed by atoms with E-state index in [0.717, 1.165) is 23.5 Å². The van der Waals surface area contributed by atoms with E-state index >= 15 is 0 Å². The molecule has 1 fully saturated rings. The Morgan fingerprint density at radius 1 is 1.25 bits per heavy atom. The van der Waals surface area contributed by atoms with Crippen molar-refractivity contribution in [3.8, 4) is 0 Å². The van der Waals surface area contributed by atoms with Gasteiger partial charge in [-0.3, -0.25) is 9.36 Å². The zero-order chi connectivity index (χ0) is 19.7. The maximum Gasteiger partial charge on any atom is 0.295 e. The molecule has 4 rings (SSSR count). The molecule has 1 aliphatic carbocycles. The molecule has 3 aromatic rings. The van der Waals surface area contributed by atoms with Crippen molar-refractivity contribution in [2.24, 2.45) is 5.92 Å². The van der Waals surface area contributed by atoms with E-state index in [4.69, 9.17) is 11.6 Å². The van der Waals surface area contributed by atoms with Crippen molar-refractivity contribution in [2.45, 2.75) is 44.2 Å². The van der Waals surface area contributed by atoms with Gasteiger partial charge in [-0.1, -0.05) is 6.92 Å². The maximum absolute atomic E-state index is 13.1. The SMILES string of the molecule is CCSc1cnc(CNc2nc3cnc(Cl)nc3n([C@H](C)C3CC3)c2=O)nc1. The molecule has 3 heterocycles. The number of nitrogens with one attached hydrogen (secondary N) is 1. The van der Waals surface area contributed by atoms with Gasteiger partial charge in [-0.05, 0) is 43.0 Å². The molecule has 0 aromatic carbocycles. The quantitative estimate of drug-likeness (QED) is 0.461. The van der Waals surface area contributed by atoms with Crippen molar-refractivity contribution in [3.05, 3.63) is 40.1 Å². The molecule has 0 aliphatic heterocycles. The lowest BCUT2D eigenvalue weighted by Gasteiger charge is -2.18. The van der Waals surface area contributed by atoms with Crippen LogP contribution in [-0.2, 0) is 6.54 Å². The summed E-state index contributed by atoms with van der Waals surface area (Å²) in [5, 5.41) is 3.18. The molecule has 28 heavy (non-hydrogen) atoms. The Morgan fingerprint density at radius 2 is 2.00 bits per heavy atom. The second-order valence-electron chi connectivity index (χ2n) is 6.68. The van der Waals surface area contributed by atoms with Gasteiger partial charge in [0.25, 0.3) is 5.56 Å².